The topological polar surface area (TPSA) is 75.9 Å². The van der Waals surface area contributed by atoms with Crippen molar-refractivity contribution in [3.8, 4) is 0 Å². The zero-order chi connectivity index (χ0) is 23.7. The molecular weight excluding hydrogens is 444 g/mol. The second-order valence-corrected chi connectivity index (χ2v) is 11.9. The van der Waals surface area contributed by atoms with Gasteiger partial charge in [0, 0.05) is 48.1 Å². The summed E-state index contributed by atoms with van der Waals surface area (Å²) in [6, 6.07) is 1.74. The highest BCUT2D eigenvalue weighted by atomic mass is 32.1. The van der Waals surface area contributed by atoms with E-state index in [9.17, 15) is 4.79 Å². The lowest BCUT2D eigenvalue weighted by molar-refractivity contribution is -0.126. The Kier molecular flexibility index (Phi) is 7.35. The zero-order valence-electron chi connectivity index (χ0n) is 20.9. The van der Waals surface area contributed by atoms with Crippen LogP contribution in [0.1, 0.15) is 113 Å². The Morgan fingerprint density at radius 1 is 1.09 bits per heavy atom. The van der Waals surface area contributed by atoms with Crippen LogP contribution in [0.15, 0.2) is 11.6 Å². The van der Waals surface area contributed by atoms with Crippen molar-refractivity contribution in [1.82, 2.24) is 30.0 Å². The van der Waals surface area contributed by atoms with E-state index in [1.165, 1.54) is 44.9 Å². The van der Waals surface area contributed by atoms with Crippen LogP contribution in [-0.2, 0) is 4.79 Å². The molecule has 8 heteroatoms. The number of aryl methyl sites for hydroxylation is 1. The van der Waals surface area contributed by atoms with Crippen molar-refractivity contribution in [3.05, 3.63) is 28.2 Å². The molecule has 1 amide bonds. The normalized spacial score (nSPS) is 26.8. The Morgan fingerprint density at radius 3 is 2.47 bits per heavy atom. The first-order chi connectivity index (χ1) is 16.5. The number of fused-ring (bicyclic) bond motifs is 2. The van der Waals surface area contributed by atoms with Crippen LogP contribution in [0.2, 0.25) is 0 Å². The first-order valence-corrected chi connectivity index (χ1v) is 14.3. The molecule has 3 atom stereocenters. The molecule has 2 saturated heterocycles. The summed E-state index contributed by atoms with van der Waals surface area (Å²) in [5.74, 6) is 3.00. The minimum absolute atomic E-state index is 0.0270. The van der Waals surface area contributed by atoms with E-state index in [0.29, 0.717) is 24.0 Å². The lowest BCUT2D eigenvalue weighted by Crippen LogP contribution is -2.45. The number of hydrogen-bond donors (Lipinski definition) is 1. The lowest BCUT2D eigenvalue weighted by atomic mass is 9.88. The summed E-state index contributed by atoms with van der Waals surface area (Å²) >= 11 is 1.67. The summed E-state index contributed by atoms with van der Waals surface area (Å²) in [6.07, 6.45) is 13.4. The first-order valence-electron chi connectivity index (χ1n) is 13.4. The number of amides is 1. The molecule has 2 bridgehead atoms. The predicted molar refractivity (Wildman–Crippen MR) is 135 cm³/mol. The molecule has 0 aromatic carbocycles. The quantitative estimate of drug-likeness (QED) is 0.560. The van der Waals surface area contributed by atoms with Gasteiger partial charge in [-0.15, -0.1) is 21.5 Å². The second kappa shape index (κ2) is 10.4. The third-order valence-corrected chi connectivity index (χ3v) is 9.24. The van der Waals surface area contributed by atoms with Crippen molar-refractivity contribution in [2.75, 3.05) is 6.54 Å². The predicted octanol–water partition coefficient (Wildman–Crippen LogP) is 5.16. The number of rotatable bonds is 8. The van der Waals surface area contributed by atoms with Crippen LogP contribution >= 0.6 is 11.3 Å². The first kappa shape index (κ1) is 23.9. The summed E-state index contributed by atoms with van der Waals surface area (Å²) < 4.78 is 2.43. The van der Waals surface area contributed by atoms with E-state index in [1.54, 1.807) is 11.3 Å². The molecule has 7 nitrogen and oxygen atoms in total. The molecule has 1 aliphatic carbocycles. The van der Waals surface area contributed by atoms with E-state index in [2.05, 4.69) is 50.7 Å². The largest absolute Gasteiger partial charge is 0.347 e. The van der Waals surface area contributed by atoms with E-state index in [4.69, 9.17) is 0 Å². The van der Waals surface area contributed by atoms with E-state index in [-0.39, 0.29) is 17.9 Å². The van der Waals surface area contributed by atoms with E-state index >= 15 is 0 Å². The monoisotopic (exact) mass is 484 g/mol. The molecule has 4 heterocycles. The number of aromatic nitrogens is 4. The summed E-state index contributed by atoms with van der Waals surface area (Å²) in [5.41, 5.74) is 0. The van der Waals surface area contributed by atoms with Crippen LogP contribution in [0.3, 0.4) is 0 Å². The van der Waals surface area contributed by atoms with Crippen LogP contribution in [0, 0.1) is 12.8 Å². The molecule has 186 valence electrons. The minimum atomic E-state index is 0.0270. The number of thiazole rings is 1. The molecule has 2 aliphatic heterocycles. The average molecular weight is 485 g/mol. The van der Waals surface area contributed by atoms with Crippen molar-refractivity contribution in [1.29, 1.82) is 0 Å². The van der Waals surface area contributed by atoms with Gasteiger partial charge in [0.1, 0.15) is 16.7 Å². The highest BCUT2D eigenvalue weighted by Crippen LogP contribution is 2.42. The molecule has 0 radical (unpaired) electrons. The highest BCUT2D eigenvalue weighted by Gasteiger charge is 2.42. The van der Waals surface area contributed by atoms with Crippen LogP contribution in [0.25, 0.3) is 0 Å². The second-order valence-electron chi connectivity index (χ2n) is 10.9. The summed E-state index contributed by atoms with van der Waals surface area (Å²) in [6.45, 7) is 7.55. The summed E-state index contributed by atoms with van der Waals surface area (Å²) in [7, 11) is 0. The van der Waals surface area contributed by atoms with Gasteiger partial charge in [-0.1, -0.05) is 33.1 Å². The van der Waals surface area contributed by atoms with Gasteiger partial charge in [0.2, 0.25) is 5.91 Å². The van der Waals surface area contributed by atoms with Crippen molar-refractivity contribution in [2.24, 2.45) is 5.92 Å². The number of nitrogens with one attached hydrogen (secondary N) is 1. The Balaban J connectivity index is 1.23. The van der Waals surface area contributed by atoms with Gasteiger partial charge in [-0.2, -0.15) is 0 Å². The van der Waals surface area contributed by atoms with E-state index < -0.39 is 0 Å². The molecule has 1 saturated carbocycles. The maximum absolute atomic E-state index is 13.0. The third-order valence-electron chi connectivity index (χ3n) is 8.35. The maximum atomic E-state index is 13.0. The van der Waals surface area contributed by atoms with Crippen molar-refractivity contribution >= 4 is 17.2 Å². The lowest BCUT2D eigenvalue weighted by Gasteiger charge is -2.40. The fourth-order valence-electron chi connectivity index (χ4n) is 6.65. The molecule has 3 aliphatic rings. The van der Waals surface area contributed by atoms with Gasteiger partial charge >= 0.3 is 0 Å². The SMILES string of the molecule is Cc1nnc(C(C)C)n1C1C[C@@H]2CC[C@@H](C1)N2CC[C@H](NC(=O)C1CCCCC1)c1nccs1. The Bertz CT molecular complexity index is 937. The van der Waals surface area contributed by atoms with Crippen LogP contribution < -0.4 is 5.32 Å². The number of carbonyl (C=O) groups is 1. The number of nitrogens with zero attached hydrogens (tertiary/aromatic N) is 5. The Hall–Kier alpha value is -1.80. The van der Waals surface area contributed by atoms with Crippen molar-refractivity contribution < 1.29 is 4.79 Å². The molecular formula is C26H40N6OS. The van der Waals surface area contributed by atoms with Gasteiger partial charge in [0.15, 0.2) is 0 Å². The number of hydrogen-bond acceptors (Lipinski definition) is 6. The third kappa shape index (κ3) is 4.94. The molecule has 1 N–H and O–H groups in total. The van der Waals surface area contributed by atoms with Crippen LogP contribution in [0.5, 0.6) is 0 Å². The summed E-state index contributed by atoms with van der Waals surface area (Å²) in [5, 5.41) is 15.4. The van der Waals surface area contributed by atoms with Crippen molar-refractivity contribution in [2.45, 2.75) is 115 Å². The molecule has 2 aromatic heterocycles. The van der Waals surface area contributed by atoms with Gasteiger partial charge in [-0.3, -0.25) is 9.69 Å². The van der Waals surface area contributed by atoms with E-state index in [1.807, 2.05) is 11.6 Å². The molecule has 34 heavy (non-hydrogen) atoms. The van der Waals surface area contributed by atoms with Crippen LogP contribution in [-0.4, -0.2) is 49.2 Å². The fourth-order valence-corrected chi connectivity index (χ4v) is 7.37. The number of carbonyl (C=O) groups excluding carboxylic acids is 1. The van der Waals surface area contributed by atoms with Crippen LogP contribution in [0.4, 0.5) is 0 Å². The highest BCUT2D eigenvalue weighted by molar-refractivity contribution is 7.09. The van der Waals surface area contributed by atoms with Gasteiger partial charge in [-0.05, 0) is 51.9 Å². The summed E-state index contributed by atoms with van der Waals surface area (Å²) in [4.78, 5) is 20.3. The Morgan fingerprint density at radius 2 is 1.82 bits per heavy atom. The molecule has 3 fully saturated rings. The van der Waals surface area contributed by atoms with Gasteiger partial charge in [0.05, 0.1) is 6.04 Å². The fraction of sp³-hybridized carbons (Fsp3) is 0.769. The molecule has 0 spiro atoms. The maximum Gasteiger partial charge on any atom is 0.223 e. The number of piperidine rings is 1. The van der Waals surface area contributed by atoms with E-state index in [0.717, 1.165) is 42.5 Å². The molecule has 2 aromatic rings. The minimum Gasteiger partial charge on any atom is -0.347 e. The van der Waals surface area contributed by atoms with Crippen molar-refractivity contribution in [3.63, 3.8) is 0 Å². The smallest absolute Gasteiger partial charge is 0.223 e. The Labute approximate surface area is 207 Å². The van der Waals surface area contributed by atoms with Gasteiger partial charge in [-0.25, -0.2) is 4.98 Å². The molecule has 0 unspecified atom stereocenters. The average Bonchev–Trinajstić information content (AvgIpc) is 3.55. The van der Waals surface area contributed by atoms with Gasteiger partial charge < -0.3 is 9.88 Å². The van der Waals surface area contributed by atoms with Gasteiger partial charge in [0.25, 0.3) is 0 Å². The standard InChI is InChI=1S/C26H40N6OS/c1-17(2)24-30-29-18(3)32(24)22-15-20-9-10-21(16-22)31(20)13-11-23(26-27-12-14-34-26)28-25(33)19-7-5-4-6-8-19/h12,14,17,19-23H,4-11,13,15-16H2,1-3H3,(H,28,33)/t20-,21-,23-/m0/s1. The zero-order valence-corrected chi connectivity index (χ0v) is 21.8. The molecule has 5 rings (SSSR count).